The molecule has 6 rings (SSSR count). The first-order valence-corrected chi connectivity index (χ1v) is 11.4. The molecule has 3 N–H and O–H groups in total. The minimum absolute atomic E-state index is 0.221. The highest BCUT2D eigenvalue weighted by Gasteiger charge is 2.32. The number of nitrogens with one attached hydrogen (secondary N) is 3. The highest BCUT2D eigenvalue weighted by Crippen LogP contribution is 2.34. The van der Waals surface area contributed by atoms with E-state index in [0.29, 0.717) is 22.8 Å². The maximum absolute atomic E-state index is 12.5. The molecule has 0 atom stereocenters. The number of H-pyrrole nitrogens is 3. The summed E-state index contributed by atoms with van der Waals surface area (Å²) < 4.78 is 6.70. The predicted molar refractivity (Wildman–Crippen MR) is 141 cm³/mol. The van der Waals surface area contributed by atoms with Crippen LogP contribution in [0.5, 0.6) is 0 Å². The number of hydrogen-bond acceptors (Lipinski definition) is 10. The van der Waals surface area contributed by atoms with E-state index in [1.54, 1.807) is 47.1 Å². The van der Waals surface area contributed by atoms with Crippen LogP contribution in [0.25, 0.3) is 22.3 Å². The third-order valence-electron chi connectivity index (χ3n) is 6.57. The van der Waals surface area contributed by atoms with Gasteiger partial charge in [0.25, 0.3) is 16.7 Å². The Bertz CT molecular complexity index is 2170. The Labute approximate surface area is 215 Å². The van der Waals surface area contributed by atoms with Crippen molar-refractivity contribution < 1.29 is 0 Å². The van der Waals surface area contributed by atoms with Gasteiger partial charge >= 0.3 is 17.1 Å². The molecule has 39 heavy (non-hydrogen) atoms. The fourth-order valence-electron chi connectivity index (χ4n) is 4.54. The topological polar surface area (TPSA) is 207 Å². The van der Waals surface area contributed by atoms with E-state index in [9.17, 15) is 28.8 Å². The summed E-state index contributed by atoms with van der Waals surface area (Å²) in [6, 6.07) is 0. The van der Waals surface area contributed by atoms with Gasteiger partial charge in [0, 0.05) is 42.3 Å². The van der Waals surface area contributed by atoms with Gasteiger partial charge in [-0.2, -0.15) is 4.98 Å². The van der Waals surface area contributed by atoms with E-state index in [4.69, 9.17) is 0 Å². The molecule has 1 aliphatic rings. The number of anilines is 3. The summed E-state index contributed by atoms with van der Waals surface area (Å²) in [7, 11) is 9.52. The molecule has 0 aliphatic carbocycles. The Balaban J connectivity index is 0.000000198. The smallest absolute Gasteiger partial charge is 0.332 e. The summed E-state index contributed by atoms with van der Waals surface area (Å²) in [6.07, 6.45) is 1.50. The van der Waals surface area contributed by atoms with Crippen LogP contribution in [0.3, 0.4) is 0 Å². The van der Waals surface area contributed by atoms with Crippen molar-refractivity contribution in [2.24, 2.45) is 35.2 Å². The number of hydrogen-bond donors (Lipinski definition) is 3. The molecule has 204 valence electrons. The lowest BCUT2D eigenvalue weighted by Gasteiger charge is -2.17. The van der Waals surface area contributed by atoms with Crippen molar-refractivity contribution in [2.75, 3.05) is 23.5 Å². The highest BCUT2D eigenvalue weighted by atomic mass is 16.2. The molecule has 5 aromatic rings. The third kappa shape index (κ3) is 3.63. The van der Waals surface area contributed by atoms with Crippen LogP contribution in [0.4, 0.5) is 17.5 Å². The van der Waals surface area contributed by atoms with E-state index in [-0.39, 0.29) is 23.7 Å². The molecule has 5 aromatic heterocycles. The minimum Gasteiger partial charge on any atom is -0.349 e. The molecule has 0 bridgehead atoms. The van der Waals surface area contributed by atoms with Gasteiger partial charge in [0.2, 0.25) is 5.95 Å². The molecule has 0 aromatic carbocycles. The van der Waals surface area contributed by atoms with Gasteiger partial charge in [-0.05, 0) is 0 Å². The van der Waals surface area contributed by atoms with Crippen LogP contribution < -0.4 is 43.5 Å². The summed E-state index contributed by atoms with van der Waals surface area (Å²) in [5, 5.41) is 0. The van der Waals surface area contributed by atoms with Gasteiger partial charge < -0.3 is 14.0 Å². The molecular weight excluding hydrogens is 516 g/mol. The highest BCUT2D eigenvalue weighted by molar-refractivity contribution is 5.81. The molecule has 6 heterocycles. The second kappa shape index (κ2) is 8.57. The number of fused-ring (bicyclic) bond motifs is 3. The number of aryl methyl sites for hydroxylation is 4. The van der Waals surface area contributed by atoms with Crippen LogP contribution in [0, 0.1) is 0 Å². The van der Waals surface area contributed by atoms with E-state index in [1.807, 2.05) is 0 Å². The Kier molecular flexibility index (Phi) is 5.54. The summed E-state index contributed by atoms with van der Waals surface area (Å²) in [6.45, 7) is 0.240. The van der Waals surface area contributed by atoms with E-state index in [0.717, 1.165) is 4.57 Å². The van der Waals surface area contributed by atoms with Crippen LogP contribution in [0.1, 0.15) is 0 Å². The van der Waals surface area contributed by atoms with Crippen molar-refractivity contribution in [3.8, 4) is 0 Å². The molecular formula is C21H24N12O6. The van der Waals surface area contributed by atoms with Crippen LogP contribution in [-0.4, -0.2) is 61.5 Å². The van der Waals surface area contributed by atoms with Crippen LogP contribution >= 0.6 is 0 Å². The quantitative estimate of drug-likeness (QED) is 0.195. The summed E-state index contributed by atoms with van der Waals surface area (Å²) in [4.78, 5) is 89.5. The van der Waals surface area contributed by atoms with Crippen LogP contribution in [-0.2, 0) is 35.2 Å². The van der Waals surface area contributed by atoms with E-state index < -0.39 is 33.7 Å². The number of nitrogens with zero attached hydrogens (tertiary/aromatic N) is 9. The van der Waals surface area contributed by atoms with Gasteiger partial charge in [-0.25, -0.2) is 19.4 Å². The average Bonchev–Trinajstić information content (AvgIpc) is 3.53. The number of aromatic amines is 3. The molecule has 0 saturated carbocycles. The largest absolute Gasteiger partial charge is 0.349 e. The lowest BCUT2D eigenvalue weighted by Crippen LogP contribution is -2.37. The minimum atomic E-state index is -0.642. The van der Waals surface area contributed by atoms with Crippen molar-refractivity contribution in [2.45, 2.75) is 0 Å². The standard InChI is InChI=1S/C14H16N8O4.C7H8N4O2/c1-18-5-22(9-6(18)10(23)17-12(25)15-9)13-16-8-7(19(13)2)11(24)21(4)14(26)20(8)3;1-10-3-8-5-4(10)6(12)9-7(13)11(5)2/h5H2,1-4H3,(H2,15,17,23,25);3H,1-2H3,(H,9,12,13). The zero-order valence-corrected chi connectivity index (χ0v) is 21.8. The second-order valence-electron chi connectivity index (χ2n) is 9.07. The fraction of sp³-hybridized carbons (Fsp3) is 0.333. The third-order valence-corrected chi connectivity index (χ3v) is 6.57. The van der Waals surface area contributed by atoms with Gasteiger partial charge in [0.15, 0.2) is 22.3 Å². The van der Waals surface area contributed by atoms with Crippen molar-refractivity contribution >= 4 is 39.8 Å². The average molecular weight is 541 g/mol. The molecule has 0 spiro atoms. The summed E-state index contributed by atoms with van der Waals surface area (Å²) in [5.41, 5.74) is -1.42. The first kappa shape index (κ1) is 25.2. The van der Waals surface area contributed by atoms with Gasteiger partial charge in [-0.3, -0.25) is 47.9 Å². The number of imidazole rings is 2. The van der Waals surface area contributed by atoms with Crippen molar-refractivity contribution in [1.82, 2.24) is 47.8 Å². The van der Waals surface area contributed by atoms with Gasteiger partial charge in [0.05, 0.1) is 13.0 Å². The Hall–Kier alpha value is -5.42. The normalized spacial score (nSPS) is 12.8. The molecule has 0 unspecified atom stereocenters. The van der Waals surface area contributed by atoms with Gasteiger partial charge in [0.1, 0.15) is 11.5 Å². The molecule has 0 saturated heterocycles. The van der Waals surface area contributed by atoms with E-state index in [1.165, 1.54) is 29.6 Å². The zero-order chi connectivity index (χ0) is 28.5. The van der Waals surface area contributed by atoms with Crippen LogP contribution in [0.2, 0.25) is 0 Å². The lowest BCUT2D eigenvalue weighted by molar-refractivity contribution is 0.705. The summed E-state index contributed by atoms with van der Waals surface area (Å²) in [5.74, 6) is 0.603. The Morgan fingerprint density at radius 3 is 2.13 bits per heavy atom. The van der Waals surface area contributed by atoms with Gasteiger partial charge in [-0.1, -0.05) is 0 Å². The first-order valence-electron chi connectivity index (χ1n) is 11.4. The van der Waals surface area contributed by atoms with E-state index >= 15 is 0 Å². The number of rotatable bonds is 1. The zero-order valence-electron chi connectivity index (χ0n) is 21.8. The monoisotopic (exact) mass is 540 g/mol. The van der Waals surface area contributed by atoms with Crippen LogP contribution in [0.15, 0.2) is 35.1 Å². The molecule has 18 nitrogen and oxygen atoms in total. The van der Waals surface area contributed by atoms with Crippen molar-refractivity contribution in [3.63, 3.8) is 0 Å². The number of aromatic nitrogens is 10. The van der Waals surface area contributed by atoms with E-state index in [2.05, 4.69) is 24.9 Å². The molecule has 18 heteroatoms. The predicted octanol–water partition coefficient (Wildman–Crippen LogP) is -3.15. The maximum Gasteiger partial charge on any atom is 0.332 e. The first-order chi connectivity index (χ1) is 18.3. The second-order valence-corrected chi connectivity index (χ2v) is 9.07. The van der Waals surface area contributed by atoms with Gasteiger partial charge in [-0.15, -0.1) is 0 Å². The molecule has 0 amide bonds. The molecule has 1 aliphatic heterocycles. The SMILES string of the molecule is CN1CN(c2nc3c(c(=O)n(C)c(=O)n3C)n2C)c2[nH]c(=O)[nH]c(=O)c21.Cn1cnc2c1c(=O)[nH]c(=O)n2C. The fourth-order valence-corrected chi connectivity index (χ4v) is 4.54. The maximum atomic E-state index is 12.5. The Morgan fingerprint density at radius 1 is 0.744 bits per heavy atom. The summed E-state index contributed by atoms with van der Waals surface area (Å²) >= 11 is 0. The molecule has 0 fully saturated rings. The molecule has 0 radical (unpaired) electrons. The Morgan fingerprint density at radius 2 is 1.44 bits per heavy atom. The van der Waals surface area contributed by atoms with Crippen molar-refractivity contribution in [1.29, 1.82) is 0 Å². The van der Waals surface area contributed by atoms with Crippen molar-refractivity contribution in [3.05, 3.63) is 68.8 Å². The lowest BCUT2D eigenvalue weighted by atomic mass is 10.4.